The fourth-order valence-electron chi connectivity index (χ4n) is 2.08. The van der Waals surface area contributed by atoms with Crippen LogP contribution in [0.15, 0.2) is 39.0 Å². The average molecular weight is 411 g/mol. The number of benzene rings is 2. The van der Waals surface area contributed by atoms with Crippen LogP contribution in [0.3, 0.4) is 0 Å². The lowest BCUT2D eigenvalue weighted by Crippen LogP contribution is -2.08. The van der Waals surface area contributed by atoms with Gasteiger partial charge in [0.1, 0.15) is 9.79 Å². The number of rotatable bonds is 5. The molecular formula is C11H9NO10S3. The SMILES string of the molecule is O=CNc1cc2c(S(=O)(=O)O)cc(S(=O)(=O)O)cc2cc1S(=O)(=O)O. The monoisotopic (exact) mass is 411 g/mol. The molecule has 136 valence electrons. The summed E-state index contributed by atoms with van der Waals surface area (Å²) in [7, 11) is -14.8. The number of carbonyl (C=O) groups excluding carboxylic acids is 1. The first kappa shape index (κ1) is 19.2. The van der Waals surface area contributed by atoms with Crippen molar-refractivity contribution in [3.63, 3.8) is 0 Å². The van der Waals surface area contributed by atoms with Gasteiger partial charge < -0.3 is 5.32 Å². The van der Waals surface area contributed by atoms with E-state index >= 15 is 0 Å². The highest BCUT2D eigenvalue weighted by atomic mass is 32.2. The van der Waals surface area contributed by atoms with Gasteiger partial charge in [0.2, 0.25) is 6.41 Å². The summed E-state index contributed by atoms with van der Waals surface area (Å²) < 4.78 is 95.9. The van der Waals surface area contributed by atoms with Crippen LogP contribution in [0.1, 0.15) is 0 Å². The van der Waals surface area contributed by atoms with E-state index in [2.05, 4.69) is 0 Å². The van der Waals surface area contributed by atoms with Crippen molar-refractivity contribution in [2.24, 2.45) is 0 Å². The summed E-state index contributed by atoms with van der Waals surface area (Å²) in [5.41, 5.74) is -0.519. The largest absolute Gasteiger partial charge is 0.327 e. The third-order valence-corrected chi connectivity index (χ3v) is 5.67. The predicted molar refractivity (Wildman–Crippen MR) is 83.1 cm³/mol. The number of amides is 1. The standard InChI is InChI=1S/C11H9NO10S3/c13-5-12-9-4-8-6(2-11(9)25(20,21)22)1-7(23(14,15)16)3-10(8)24(17,18)19/h1-5H,(H,12,13)(H,14,15,16)(H,17,18,19)(H,20,21,22). The quantitative estimate of drug-likeness (QED) is 0.388. The van der Waals surface area contributed by atoms with E-state index in [1.807, 2.05) is 5.32 Å². The molecule has 2 aromatic rings. The highest BCUT2D eigenvalue weighted by molar-refractivity contribution is 7.87. The molecule has 14 heteroatoms. The van der Waals surface area contributed by atoms with E-state index in [-0.39, 0.29) is 17.2 Å². The first-order valence-corrected chi connectivity index (χ1v) is 10.3. The third-order valence-electron chi connectivity index (χ3n) is 3.06. The average Bonchev–Trinajstić information content (AvgIpc) is 2.42. The molecule has 0 atom stereocenters. The zero-order chi connectivity index (χ0) is 19.2. The Kier molecular flexibility index (Phi) is 4.62. The van der Waals surface area contributed by atoms with Crippen molar-refractivity contribution in [3.8, 4) is 0 Å². The summed E-state index contributed by atoms with van der Waals surface area (Å²) in [6.45, 7) is 0. The van der Waals surface area contributed by atoms with Crippen LogP contribution >= 0.6 is 0 Å². The van der Waals surface area contributed by atoms with Crippen LogP contribution in [0.2, 0.25) is 0 Å². The molecule has 0 aliphatic heterocycles. The van der Waals surface area contributed by atoms with Gasteiger partial charge in [-0.05, 0) is 29.7 Å². The predicted octanol–water partition coefficient (Wildman–Crippen LogP) is 0.148. The van der Waals surface area contributed by atoms with Crippen LogP contribution in [0.25, 0.3) is 10.8 Å². The fourth-order valence-corrected chi connectivity index (χ4v) is 4.10. The lowest BCUT2D eigenvalue weighted by Gasteiger charge is -2.11. The van der Waals surface area contributed by atoms with Gasteiger partial charge in [0.05, 0.1) is 10.6 Å². The second-order valence-electron chi connectivity index (χ2n) is 4.68. The maximum atomic E-state index is 11.5. The molecule has 0 bridgehead atoms. The van der Waals surface area contributed by atoms with Crippen molar-refractivity contribution < 1.29 is 43.7 Å². The summed E-state index contributed by atoms with van der Waals surface area (Å²) in [4.78, 5) is 7.82. The smallest absolute Gasteiger partial charge is 0.296 e. The molecule has 11 nitrogen and oxygen atoms in total. The van der Waals surface area contributed by atoms with Crippen LogP contribution in [0, 0.1) is 0 Å². The molecular weight excluding hydrogens is 402 g/mol. The van der Waals surface area contributed by atoms with E-state index in [1.165, 1.54) is 0 Å². The van der Waals surface area contributed by atoms with E-state index in [9.17, 15) is 39.2 Å². The van der Waals surface area contributed by atoms with Crippen molar-refractivity contribution in [1.82, 2.24) is 0 Å². The Bertz CT molecular complexity index is 1200. The lowest BCUT2D eigenvalue weighted by atomic mass is 10.1. The third kappa shape index (κ3) is 3.94. The number of hydrogen-bond donors (Lipinski definition) is 4. The maximum Gasteiger partial charge on any atom is 0.296 e. The van der Waals surface area contributed by atoms with Gasteiger partial charge in [0.15, 0.2) is 0 Å². The number of nitrogens with one attached hydrogen (secondary N) is 1. The van der Waals surface area contributed by atoms with E-state index < -0.39 is 50.7 Å². The topological polar surface area (TPSA) is 192 Å². The van der Waals surface area contributed by atoms with E-state index in [0.717, 1.165) is 12.1 Å². The zero-order valence-corrected chi connectivity index (χ0v) is 14.3. The summed E-state index contributed by atoms with van der Waals surface area (Å²) in [5, 5.41) is 1.20. The minimum absolute atomic E-state index is 0.0511. The molecule has 0 aliphatic carbocycles. The maximum absolute atomic E-state index is 11.5. The molecule has 1 amide bonds. The van der Waals surface area contributed by atoms with Crippen molar-refractivity contribution in [2.75, 3.05) is 5.32 Å². The van der Waals surface area contributed by atoms with Crippen LogP contribution in [-0.2, 0) is 35.1 Å². The Labute approximate surface area is 141 Å². The highest BCUT2D eigenvalue weighted by Gasteiger charge is 2.24. The van der Waals surface area contributed by atoms with Crippen LogP contribution in [0.5, 0.6) is 0 Å². The van der Waals surface area contributed by atoms with Crippen molar-refractivity contribution in [3.05, 3.63) is 24.3 Å². The summed E-state index contributed by atoms with van der Waals surface area (Å²) in [6.07, 6.45) is 0.0511. The van der Waals surface area contributed by atoms with E-state index in [4.69, 9.17) is 4.55 Å². The molecule has 0 spiro atoms. The highest BCUT2D eigenvalue weighted by Crippen LogP contribution is 2.33. The van der Waals surface area contributed by atoms with Gasteiger partial charge in [-0.3, -0.25) is 18.5 Å². The molecule has 0 saturated heterocycles. The fraction of sp³-hybridized carbons (Fsp3) is 0. The summed E-state index contributed by atoms with van der Waals surface area (Å²) in [6, 6.07) is 2.63. The first-order chi connectivity index (χ1) is 11.2. The Balaban J connectivity index is 3.11. The second kappa shape index (κ2) is 6.01. The Morgan fingerprint density at radius 3 is 1.76 bits per heavy atom. The van der Waals surface area contributed by atoms with Gasteiger partial charge in [-0.25, -0.2) is 0 Å². The van der Waals surface area contributed by atoms with E-state index in [0.29, 0.717) is 12.1 Å². The number of fused-ring (bicyclic) bond motifs is 1. The number of hydrogen-bond acceptors (Lipinski definition) is 7. The van der Waals surface area contributed by atoms with Crippen LogP contribution in [0.4, 0.5) is 5.69 Å². The van der Waals surface area contributed by atoms with Crippen molar-refractivity contribution >= 4 is 53.2 Å². The van der Waals surface area contributed by atoms with Crippen molar-refractivity contribution in [2.45, 2.75) is 14.7 Å². The van der Waals surface area contributed by atoms with Gasteiger partial charge in [-0.2, -0.15) is 25.3 Å². The van der Waals surface area contributed by atoms with Crippen LogP contribution in [-0.4, -0.2) is 45.3 Å². The molecule has 0 saturated carbocycles. The van der Waals surface area contributed by atoms with Crippen molar-refractivity contribution in [1.29, 1.82) is 0 Å². The first-order valence-electron chi connectivity index (χ1n) is 5.99. The van der Waals surface area contributed by atoms with Gasteiger partial charge in [-0.15, -0.1) is 0 Å². The molecule has 4 N–H and O–H groups in total. The molecule has 0 radical (unpaired) electrons. The number of anilines is 1. The molecule has 2 aromatic carbocycles. The molecule has 0 fully saturated rings. The minimum Gasteiger partial charge on any atom is -0.327 e. The van der Waals surface area contributed by atoms with Gasteiger partial charge in [0, 0.05) is 5.39 Å². The Morgan fingerprint density at radius 2 is 1.32 bits per heavy atom. The summed E-state index contributed by atoms with van der Waals surface area (Å²) >= 11 is 0. The molecule has 0 aliphatic rings. The normalized spacial score (nSPS) is 12.9. The minimum atomic E-state index is -5.00. The van der Waals surface area contributed by atoms with Gasteiger partial charge in [-0.1, -0.05) is 0 Å². The molecule has 0 heterocycles. The molecule has 0 aromatic heterocycles. The lowest BCUT2D eigenvalue weighted by molar-refractivity contribution is -0.105. The zero-order valence-electron chi connectivity index (χ0n) is 11.8. The van der Waals surface area contributed by atoms with Gasteiger partial charge >= 0.3 is 0 Å². The summed E-state index contributed by atoms with van der Waals surface area (Å²) in [5.74, 6) is 0. The Hall–Kier alpha value is -2.10. The second-order valence-corrected chi connectivity index (χ2v) is 8.88. The van der Waals surface area contributed by atoms with E-state index in [1.54, 1.807) is 0 Å². The Morgan fingerprint density at radius 1 is 0.760 bits per heavy atom. The molecule has 25 heavy (non-hydrogen) atoms. The molecule has 2 rings (SSSR count). The van der Waals surface area contributed by atoms with Gasteiger partial charge in [0.25, 0.3) is 30.4 Å². The van der Waals surface area contributed by atoms with Crippen LogP contribution < -0.4 is 5.32 Å². The molecule has 0 unspecified atom stereocenters. The number of carbonyl (C=O) groups is 1.